The van der Waals surface area contributed by atoms with Crippen molar-refractivity contribution in [2.24, 2.45) is 4.99 Å². The summed E-state index contributed by atoms with van der Waals surface area (Å²) >= 11 is -5.52. The van der Waals surface area contributed by atoms with E-state index in [1.807, 2.05) is 0 Å². The number of nitrogens with two attached hydrogens (primary N) is 1. The molecule has 0 radical (unpaired) electrons. The fraction of sp³-hybridized carbons (Fsp3) is 0.263. The first-order chi connectivity index (χ1) is 17.2. The van der Waals surface area contributed by atoms with E-state index >= 15 is 0 Å². The van der Waals surface area contributed by atoms with Gasteiger partial charge >= 0.3 is 72.6 Å². The van der Waals surface area contributed by atoms with Crippen molar-refractivity contribution in [3.63, 3.8) is 0 Å². The van der Waals surface area contributed by atoms with Crippen LogP contribution in [0, 0.1) is 0 Å². The Bertz CT molecular complexity index is 1360. The Labute approximate surface area is 250 Å². The Kier molecular flexibility index (Phi) is 16.9. The van der Waals surface area contributed by atoms with E-state index in [9.17, 15) is 19.2 Å². The maximum atomic E-state index is 12.3. The van der Waals surface area contributed by atoms with Crippen LogP contribution in [-0.4, -0.2) is 111 Å². The molecule has 2 aromatic rings. The number of hydrogen-bond acceptors (Lipinski definition) is 11. The van der Waals surface area contributed by atoms with Crippen LogP contribution in [-0.2, 0) is 33.1 Å². The van der Waals surface area contributed by atoms with Gasteiger partial charge in [0, 0.05) is 17.7 Å². The predicted molar refractivity (Wildman–Crippen MR) is 136 cm³/mol. The Balaban J connectivity index is 0. The van der Waals surface area contributed by atoms with Crippen molar-refractivity contribution in [2.75, 3.05) is 29.5 Å². The van der Waals surface area contributed by atoms with Crippen LogP contribution >= 0.6 is 0 Å². The van der Waals surface area contributed by atoms with Crippen LogP contribution < -0.4 is 27.2 Å². The van der Waals surface area contributed by atoms with Gasteiger partial charge in [-0.15, -0.1) is 0 Å². The number of fused-ring (bicyclic) bond motifs is 1. The molecule has 1 amide bonds. The van der Waals surface area contributed by atoms with Gasteiger partial charge in [0.2, 0.25) is 5.95 Å². The molecule has 2 heterocycles. The van der Waals surface area contributed by atoms with E-state index in [0.717, 1.165) is 0 Å². The number of carbonyl (C=O) groups is 3. The number of anilines is 3. The number of carbonyl (C=O) groups excluding carboxylic acids is 1. The minimum absolute atomic E-state index is 0. The van der Waals surface area contributed by atoms with E-state index in [1.165, 1.54) is 12.1 Å². The first-order valence-corrected chi connectivity index (χ1v) is 13.7. The minimum atomic E-state index is -5.52. The molecule has 19 nitrogen and oxygen atoms in total. The quantitative estimate of drug-likeness (QED) is 0.117. The molecule has 1 aromatic carbocycles. The summed E-state index contributed by atoms with van der Waals surface area (Å²) in [7, 11) is 0. The molecule has 0 fully saturated rings. The third-order valence-corrected chi connectivity index (χ3v) is 4.54. The van der Waals surface area contributed by atoms with Crippen molar-refractivity contribution in [3.05, 3.63) is 40.2 Å². The monoisotopic (exact) mass is 667 g/mol. The molecule has 0 aliphatic carbocycles. The second-order valence-electron chi connectivity index (χ2n) is 7.36. The number of nitrogens with zero attached hydrogens (tertiary/aromatic N) is 2. The molecule has 14 N–H and O–H groups in total. The number of amides is 1. The number of nitrogen functional groups attached to an aromatic ring is 1. The summed E-state index contributed by atoms with van der Waals surface area (Å²) in [5, 5.41) is 26.2. The van der Waals surface area contributed by atoms with E-state index in [0.29, 0.717) is 30.3 Å². The first-order valence-electron chi connectivity index (χ1n) is 10.2. The van der Waals surface area contributed by atoms with Crippen molar-refractivity contribution in [1.29, 1.82) is 0 Å². The molecule has 0 saturated carbocycles. The van der Waals surface area contributed by atoms with E-state index in [2.05, 4.69) is 30.9 Å². The van der Waals surface area contributed by atoms with Gasteiger partial charge in [-0.25, -0.2) is 9.79 Å². The van der Waals surface area contributed by atoms with Gasteiger partial charge in [-0.2, -0.15) is 4.98 Å². The van der Waals surface area contributed by atoms with Crippen molar-refractivity contribution < 1.29 is 66.6 Å². The number of H-pyrrole nitrogens is 1. The maximum absolute atomic E-state index is 12.3. The first kappa shape index (κ1) is 38.9. The van der Waals surface area contributed by atoms with Gasteiger partial charge < -0.3 is 42.8 Å². The average molecular weight is 665 g/mol. The number of aliphatic imine (C=N–C) groups is 1. The molecule has 1 aromatic heterocycles. The summed E-state index contributed by atoms with van der Waals surface area (Å²) in [6.07, 6.45) is -0.598. The molecule has 218 valence electrons. The summed E-state index contributed by atoms with van der Waals surface area (Å²) in [6, 6.07) is 4.95. The molecule has 40 heavy (non-hydrogen) atoms. The van der Waals surface area contributed by atoms with Gasteiger partial charge in [0.05, 0.1) is 18.8 Å². The third-order valence-electron chi connectivity index (χ3n) is 4.54. The van der Waals surface area contributed by atoms with Crippen LogP contribution in [0.15, 0.2) is 34.1 Å². The number of aromatic amines is 1. The van der Waals surface area contributed by atoms with Gasteiger partial charge in [-0.05, 0) is 30.7 Å². The second-order valence-corrected chi connectivity index (χ2v) is 9.56. The van der Waals surface area contributed by atoms with E-state index < -0.39 is 46.2 Å². The number of hydrogen-bond donors (Lipinski definition) is 9. The van der Waals surface area contributed by atoms with Crippen molar-refractivity contribution in [3.8, 4) is 0 Å². The Hall–Kier alpha value is -3.29. The fourth-order valence-corrected chi connectivity index (χ4v) is 2.91. The Morgan fingerprint density at radius 2 is 1.68 bits per heavy atom. The Morgan fingerprint density at radius 1 is 1.10 bits per heavy atom. The second kappa shape index (κ2) is 17.4. The standard InChI is InChI=1S/C19H21N7O6.Mo.Na.4H2O.2O.H/c20-19-25-15-14(17(30)26-19)23-11(8-22-15)7-21-10-3-1-9(2-4-10)16(29)24-12(18(31)32)5-6-13(27)28;;;;;;;;;/h1-4,12,21H,5-8H2,(H,24,29)(H,27,28)(H,31,32)(H4,20,22,25,26,30);;;4*1H2;;;/q;+2;;;;;;;;/p-2. The van der Waals surface area contributed by atoms with Crippen LogP contribution in [0.4, 0.5) is 23.1 Å². The molecular formula is C19H28MoN7NaO12. The number of aromatic nitrogens is 2. The Morgan fingerprint density at radius 3 is 2.20 bits per heavy atom. The van der Waals surface area contributed by atoms with Gasteiger partial charge in [0.25, 0.3) is 11.5 Å². The van der Waals surface area contributed by atoms with Gasteiger partial charge in [-0.1, -0.05) is 0 Å². The summed E-state index contributed by atoms with van der Waals surface area (Å²) < 4.78 is 32.0. The van der Waals surface area contributed by atoms with Crippen LogP contribution in [0.1, 0.15) is 23.2 Å². The zero-order valence-corrected chi connectivity index (χ0v) is 21.8. The summed E-state index contributed by atoms with van der Waals surface area (Å²) in [5.41, 5.74) is 6.74. The number of rotatable bonds is 9. The number of aliphatic carboxylic acids is 2. The van der Waals surface area contributed by atoms with Crippen LogP contribution in [0.25, 0.3) is 0 Å². The molecule has 1 atom stereocenters. The zero-order valence-electron chi connectivity index (χ0n) is 19.8. The molecule has 21 heteroatoms. The van der Waals surface area contributed by atoms with E-state index in [-0.39, 0.29) is 70.6 Å². The predicted octanol–water partition coefficient (Wildman–Crippen LogP) is -3.64. The molecule has 1 unspecified atom stereocenters. The SMILES string of the molecule is Nc1nc2c(c(=O)[nH]1)N=C(CNc1ccc(C(=O)NC(CCC(=O)O)C(=O)O)cc1)CN2.O.O.[NaH].[O]=[Mo](=[O])([OH])[OH]. The third kappa shape index (κ3) is 13.7. The molecule has 3 rings (SSSR count). The molecule has 0 saturated heterocycles. The summed E-state index contributed by atoms with van der Waals surface area (Å²) in [6.45, 7) is 0.682. The molecule has 1 aliphatic rings. The fourth-order valence-electron chi connectivity index (χ4n) is 2.91. The number of carboxylic acid groups (broad SMARTS) is 2. The van der Waals surface area contributed by atoms with E-state index in [4.69, 9.17) is 30.3 Å². The topological polar surface area (TPSA) is 349 Å². The van der Waals surface area contributed by atoms with Crippen LogP contribution in [0.5, 0.6) is 0 Å². The summed E-state index contributed by atoms with van der Waals surface area (Å²) in [5.74, 6) is -2.77. The normalized spacial score (nSPS) is 12.0. The number of benzene rings is 1. The van der Waals surface area contributed by atoms with Crippen molar-refractivity contribution in [2.45, 2.75) is 18.9 Å². The zero-order chi connectivity index (χ0) is 27.8. The van der Waals surface area contributed by atoms with E-state index in [1.54, 1.807) is 12.1 Å². The molecule has 0 bridgehead atoms. The molecule has 0 spiro atoms. The van der Waals surface area contributed by atoms with Gasteiger partial charge in [-0.3, -0.25) is 19.4 Å². The number of nitrogens with one attached hydrogen (secondary N) is 4. The molecular weight excluding hydrogens is 637 g/mol. The van der Waals surface area contributed by atoms with Crippen molar-refractivity contribution >= 4 is 76.3 Å². The van der Waals surface area contributed by atoms with Crippen molar-refractivity contribution in [1.82, 2.24) is 15.3 Å². The summed E-state index contributed by atoms with van der Waals surface area (Å²) in [4.78, 5) is 56.7. The van der Waals surface area contributed by atoms with Crippen LogP contribution in [0.3, 0.4) is 0 Å². The van der Waals surface area contributed by atoms with Gasteiger partial charge in [0.1, 0.15) is 6.04 Å². The van der Waals surface area contributed by atoms with Gasteiger partial charge in [0.15, 0.2) is 11.5 Å². The number of carboxylic acids is 2. The molecule has 1 aliphatic heterocycles. The average Bonchev–Trinajstić information content (AvgIpc) is 2.79. The van der Waals surface area contributed by atoms with Crippen LogP contribution in [0.2, 0.25) is 0 Å².